The van der Waals surface area contributed by atoms with Gasteiger partial charge >= 0.3 is 0 Å². The number of aromatic nitrogens is 5. The number of nitrogen functional groups attached to an aromatic ring is 1. The van der Waals surface area contributed by atoms with Crippen LogP contribution in [0.3, 0.4) is 0 Å². The topological polar surface area (TPSA) is 149 Å². The van der Waals surface area contributed by atoms with Crippen LogP contribution in [0.1, 0.15) is 37.3 Å². The number of anilines is 1. The third kappa shape index (κ3) is 3.16. The van der Waals surface area contributed by atoms with Crippen molar-refractivity contribution in [2.24, 2.45) is 7.05 Å². The second-order valence-corrected chi connectivity index (χ2v) is 10.6. The summed E-state index contributed by atoms with van der Waals surface area (Å²) in [4.78, 5) is 18.8. The summed E-state index contributed by atoms with van der Waals surface area (Å²) < 4.78 is 28.6. The average Bonchev–Trinajstić information content (AvgIpc) is 3.42. The van der Waals surface area contributed by atoms with Crippen molar-refractivity contribution in [3.05, 3.63) is 24.3 Å². The van der Waals surface area contributed by atoms with Crippen LogP contribution in [0.2, 0.25) is 0 Å². The number of aryl methyl sites for hydroxylation is 1. The monoisotopic (exact) mass is 459 g/mol. The predicted molar refractivity (Wildman–Crippen MR) is 115 cm³/mol. The lowest BCUT2D eigenvalue weighted by atomic mass is 9.87. The fourth-order valence-corrected chi connectivity index (χ4v) is 6.39. The van der Waals surface area contributed by atoms with Crippen LogP contribution < -0.4 is 5.73 Å². The van der Waals surface area contributed by atoms with Crippen molar-refractivity contribution in [2.75, 3.05) is 18.6 Å². The average molecular weight is 460 g/mol. The molecule has 3 aromatic heterocycles. The third-order valence-corrected chi connectivity index (χ3v) is 7.75. The molecule has 0 saturated carbocycles. The normalized spacial score (nSPS) is 23.2. The van der Waals surface area contributed by atoms with Gasteiger partial charge in [-0.15, -0.1) is 0 Å². The number of amides is 1. The summed E-state index contributed by atoms with van der Waals surface area (Å²) in [6.45, 7) is -0.520. The molecule has 32 heavy (non-hydrogen) atoms. The number of nitrogens with two attached hydrogens (primary N) is 1. The Balaban J connectivity index is 1.66. The van der Waals surface area contributed by atoms with E-state index in [2.05, 4.69) is 10.2 Å². The molecule has 170 valence electrons. The Morgan fingerprint density at radius 1 is 1.22 bits per heavy atom. The molecular formula is C20H25N7O4S. The number of carbonyl (C=O) groups excluding carboxylic acids is 1. The van der Waals surface area contributed by atoms with Gasteiger partial charge in [-0.1, -0.05) is 0 Å². The van der Waals surface area contributed by atoms with Crippen LogP contribution in [-0.4, -0.2) is 73.7 Å². The molecule has 2 fully saturated rings. The Kier molecular flexibility index (Phi) is 4.75. The molecule has 2 atom stereocenters. The highest BCUT2D eigenvalue weighted by Gasteiger charge is 2.45. The van der Waals surface area contributed by atoms with E-state index in [-0.39, 0.29) is 34.6 Å². The Hall–Kier alpha value is -2.99. The SMILES string of the molecule is Cn1cc(-c2cnn3c(N)c(S(C)(=O)=O)c(C4CC5CCC(C4)N5C(=O)CO)nc23)cn1. The van der Waals surface area contributed by atoms with Crippen LogP contribution in [0.25, 0.3) is 16.8 Å². The smallest absolute Gasteiger partial charge is 0.248 e. The Labute approximate surface area is 184 Å². The van der Waals surface area contributed by atoms with Crippen molar-refractivity contribution < 1.29 is 18.3 Å². The fraction of sp³-hybridized carbons (Fsp3) is 0.500. The first kappa shape index (κ1) is 20.9. The summed E-state index contributed by atoms with van der Waals surface area (Å²) >= 11 is 0. The van der Waals surface area contributed by atoms with E-state index >= 15 is 0 Å². The maximum atomic E-state index is 12.8. The number of fused-ring (bicyclic) bond motifs is 3. The molecule has 2 aliphatic rings. The second kappa shape index (κ2) is 7.27. The Morgan fingerprint density at radius 3 is 2.47 bits per heavy atom. The zero-order valence-corrected chi connectivity index (χ0v) is 18.7. The van der Waals surface area contributed by atoms with Crippen LogP contribution in [0, 0.1) is 0 Å². The lowest BCUT2D eigenvalue weighted by molar-refractivity contribution is -0.138. The van der Waals surface area contributed by atoms with Gasteiger partial charge in [0.1, 0.15) is 17.3 Å². The van der Waals surface area contributed by atoms with Crippen LogP contribution in [-0.2, 0) is 21.7 Å². The van der Waals surface area contributed by atoms with Gasteiger partial charge in [0.15, 0.2) is 15.5 Å². The largest absolute Gasteiger partial charge is 0.387 e. The molecule has 5 heterocycles. The summed E-state index contributed by atoms with van der Waals surface area (Å²) in [7, 11) is -1.88. The van der Waals surface area contributed by atoms with E-state index in [4.69, 9.17) is 10.7 Å². The summed E-state index contributed by atoms with van der Waals surface area (Å²) in [5.41, 5.74) is 8.76. The lowest BCUT2D eigenvalue weighted by Gasteiger charge is -2.39. The molecule has 2 aliphatic heterocycles. The number of hydrogen-bond acceptors (Lipinski definition) is 8. The van der Waals surface area contributed by atoms with Gasteiger partial charge < -0.3 is 15.7 Å². The van der Waals surface area contributed by atoms with Crippen molar-refractivity contribution in [3.63, 3.8) is 0 Å². The standard InChI is InChI=1S/C20H25N7O4S/c1-25-9-12(7-22-25)15-8-23-27-19(21)18(32(2,30)31)17(24-20(15)27)11-5-13-3-4-14(6-11)26(13)16(29)10-28/h7-9,11,13-14,28H,3-6,10,21H2,1-2H3. The molecule has 2 saturated heterocycles. The van der Waals surface area contributed by atoms with Gasteiger partial charge in [0.05, 0.1) is 18.1 Å². The van der Waals surface area contributed by atoms with Crippen molar-refractivity contribution in [1.82, 2.24) is 29.3 Å². The zero-order chi connectivity index (χ0) is 22.8. The molecule has 2 bridgehead atoms. The van der Waals surface area contributed by atoms with Gasteiger partial charge in [-0.05, 0) is 25.7 Å². The van der Waals surface area contributed by atoms with Crippen LogP contribution in [0.5, 0.6) is 0 Å². The first-order valence-electron chi connectivity index (χ1n) is 10.5. The van der Waals surface area contributed by atoms with Crippen molar-refractivity contribution >= 4 is 27.2 Å². The van der Waals surface area contributed by atoms with Gasteiger partial charge in [0.25, 0.3) is 0 Å². The van der Waals surface area contributed by atoms with Crippen molar-refractivity contribution in [1.29, 1.82) is 0 Å². The zero-order valence-electron chi connectivity index (χ0n) is 17.8. The van der Waals surface area contributed by atoms with Gasteiger partial charge in [-0.25, -0.2) is 13.4 Å². The molecule has 3 N–H and O–H groups in total. The Morgan fingerprint density at radius 2 is 1.91 bits per heavy atom. The number of piperidine rings is 1. The molecule has 5 rings (SSSR count). The van der Waals surface area contributed by atoms with Crippen molar-refractivity contribution in [3.8, 4) is 11.1 Å². The maximum Gasteiger partial charge on any atom is 0.248 e. The van der Waals surface area contributed by atoms with E-state index in [1.54, 1.807) is 29.0 Å². The second-order valence-electron chi connectivity index (χ2n) is 8.69. The number of aliphatic hydroxyl groups excluding tert-OH is 1. The molecule has 0 spiro atoms. The van der Waals surface area contributed by atoms with Gasteiger partial charge in [0, 0.05) is 48.6 Å². The number of aliphatic hydroxyl groups is 1. The van der Waals surface area contributed by atoms with E-state index in [1.165, 1.54) is 4.52 Å². The van der Waals surface area contributed by atoms with E-state index in [1.807, 2.05) is 6.20 Å². The highest BCUT2D eigenvalue weighted by Crippen LogP contribution is 2.45. The van der Waals surface area contributed by atoms with Crippen molar-refractivity contribution in [2.45, 2.75) is 48.6 Å². The molecule has 12 heteroatoms. The van der Waals surface area contributed by atoms with Gasteiger partial charge in [-0.3, -0.25) is 9.48 Å². The van der Waals surface area contributed by atoms with Crippen LogP contribution >= 0.6 is 0 Å². The minimum Gasteiger partial charge on any atom is -0.387 e. The maximum absolute atomic E-state index is 12.8. The van der Waals surface area contributed by atoms with E-state index < -0.39 is 16.4 Å². The number of nitrogens with zero attached hydrogens (tertiary/aromatic N) is 6. The summed E-state index contributed by atoms with van der Waals surface area (Å²) in [5, 5.41) is 17.8. The first-order valence-corrected chi connectivity index (χ1v) is 12.4. The van der Waals surface area contributed by atoms with Gasteiger partial charge in [0.2, 0.25) is 5.91 Å². The van der Waals surface area contributed by atoms with Crippen LogP contribution in [0.15, 0.2) is 23.5 Å². The predicted octanol–water partition coefficient (Wildman–Crippen LogP) is 0.345. The van der Waals surface area contributed by atoms with E-state index in [0.717, 1.165) is 24.7 Å². The molecule has 2 unspecified atom stereocenters. The highest BCUT2D eigenvalue weighted by molar-refractivity contribution is 7.91. The Bertz CT molecular complexity index is 1320. The molecule has 1 amide bonds. The van der Waals surface area contributed by atoms with E-state index in [0.29, 0.717) is 29.7 Å². The summed E-state index contributed by atoms with van der Waals surface area (Å²) in [5.74, 6) is -0.426. The minimum absolute atomic E-state index is 0.00262. The summed E-state index contributed by atoms with van der Waals surface area (Å²) in [6, 6.07) is -0.0967. The molecular weight excluding hydrogens is 434 g/mol. The van der Waals surface area contributed by atoms with Crippen LogP contribution in [0.4, 0.5) is 5.82 Å². The highest BCUT2D eigenvalue weighted by atomic mass is 32.2. The lowest BCUT2D eigenvalue weighted by Crippen LogP contribution is -2.47. The number of rotatable bonds is 4. The first-order chi connectivity index (χ1) is 15.2. The molecule has 0 aromatic carbocycles. The number of hydrogen-bond donors (Lipinski definition) is 2. The molecule has 11 nitrogen and oxygen atoms in total. The number of carbonyl (C=O) groups is 1. The summed E-state index contributed by atoms with van der Waals surface area (Å²) in [6.07, 6.45) is 9.06. The quantitative estimate of drug-likeness (QED) is 0.567. The van der Waals surface area contributed by atoms with Gasteiger partial charge in [-0.2, -0.15) is 14.7 Å². The molecule has 0 radical (unpaired) electrons. The molecule has 3 aromatic rings. The molecule has 0 aliphatic carbocycles. The minimum atomic E-state index is -3.69. The third-order valence-electron chi connectivity index (χ3n) is 6.59. The van der Waals surface area contributed by atoms with E-state index in [9.17, 15) is 18.3 Å². The number of sulfone groups is 1. The fourth-order valence-electron chi connectivity index (χ4n) is 5.33.